The Hall–Kier alpha value is -0.570. The number of hydrogen-bond acceptors (Lipinski definition) is 3. The molecule has 0 aromatic rings. The van der Waals surface area contributed by atoms with Gasteiger partial charge in [0.25, 0.3) is 0 Å². The van der Waals surface area contributed by atoms with Gasteiger partial charge in [-0.05, 0) is 12.3 Å². The highest BCUT2D eigenvalue weighted by Crippen LogP contribution is 2.25. The highest BCUT2D eigenvalue weighted by Gasteiger charge is 2.32. The van der Waals surface area contributed by atoms with Crippen LogP contribution in [0.25, 0.3) is 0 Å². The molecule has 2 atom stereocenters. The Morgan fingerprint density at radius 2 is 1.83 bits per heavy atom. The number of methoxy groups -OCH3 is 1. The van der Waals surface area contributed by atoms with Crippen molar-refractivity contribution >= 4 is 5.97 Å². The summed E-state index contributed by atoms with van der Waals surface area (Å²) in [6, 6.07) is 0. The highest BCUT2D eigenvalue weighted by molar-refractivity contribution is 5.72. The van der Waals surface area contributed by atoms with Gasteiger partial charge in [0.2, 0.25) is 0 Å². The molecule has 0 rings (SSSR count). The minimum absolute atomic E-state index is 0.284. The Bertz CT molecular complexity index is 158. The summed E-state index contributed by atoms with van der Waals surface area (Å²) in [5, 5.41) is 9.65. The summed E-state index contributed by atoms with van der Waals surface area (Å²) in [6.45, 7) is 7.33. The Labute approximate surface area is 73.7 Å². The van der Waals surface area contributed by atoms with Crippen molar-refractivity contribution in [2.24, 2.45) is 11.3 Å². The Morgan fingerprint density at radius 3 is 2.08 bits per heavy atom. The third kappa shape index (κ3) is 2.81. The van der Waals surface area contributed by atoms with Crippen molar-refractivity contribution in [2.45, 2.75) is 33.8 Å². The molecule has 0 saturated heterocycles. The normalized spacial score (nSPS) is 16.8. The largest absolute Gasteiger partial charge is 0.469 e. The number of carbonyl (C=O) groups excluding carboxylic acids is 1. The zero-order valence-corrected chi connectivity index (χ0v) is 8.42. The molecule has 0 aliphatic heterocycles. The molecule has 0 aliphatic rings. The molecular formula is C9H18O3. The summed E-state index contributed by atoms with van der Waals surface area (Å²) >= 11 is 0. The summed E-state index contributed by atoms with van der Waals surface area (Å²) in [5.41, 5.74) is -0.284. The Kier molecular flexibility index (Phi) is 3.71. The molecule has 0 aliphatic carbocycles. The SMILES string of the molecule is COC(=O)[C@H](C)[C@H](O)C(C)(C)C. The standard InChI is InChI=1S/C9H18O3/c1-6(8(11)12-5)7(10)9(2,3)4/h6-7,10H,1-5H3/t6-,7+/m1/s1. The van der Waals surface area contributed by atoms with E-state index in [-0.39, 0.29) is 11.4 Å². The fourth-order valence-electron chi connectivity index (χ4n) is 1.06. The third-order valence-electron chi connectivity index (χ3n) is 1.93. The third-order valence-corrected chi connectivity index (χ3v) is 1.93. The van der Waals surface area contributed by atoms with E-state index in [1.807, 2.05) is 20.8 Å². The maximum absolute atomic E-state index is 11.0. The van der Waals surface area contributed by atoms with E-state index in [0.717, 1.165) is 0 Å². The molecule has 0 unspecified atom stereocenters. The number of aliphatic hydroxyl groups is 1. The van der Waals surface area contributed by atoms with Gasteiger partial charge >= 0.3 is 5.97 Å². The van der Waals surface area contributed by atoms with Gasteiger partial charge in [0.05, 0.1) is 19.1 Å². The van der Waals surface area contributed by atoms with Crippen LogP contribution in [0, 0.1) is 11.3 Å². The molecule has 3 nitrogen and oxygen atoms in total. The molecule has 0 fully saturated rings. The van der Waals surface area contributed by atoms with E-state index in [9.17, 15) is 9.90 Å². The zero-order valence-electron chi connectivity index (χ0n) is 8.42. The fourth-order valence-corrected chi connectivity index (χ4v) is 1.06. The minimum atomic E-state index is -0.662. The second kappa shape index (κ2) is 3.90. The smallest absolute Gasteiger partial charge is 0.311 e. The van der Waals surface area contributed by atoms with E-state index < -0.39 is 12.0 Å². The van der Waals surface area contributed by atoms with E-state index in [2.05, 4.69) is 4.74 Å². The van der Waals surface area contributed by atoms with Gasteiger partial charge in [0.15, 0.2) is 0 Å². The lowest BCUT2D eigenvalue weighted by atomic mass is 9.82. The van der Waals surface area contributed by atoms with Crippen molar-refractivity contribution in [3.8, 4) is 0 Å². The number of esters is 1. The van der Waals surface area contributed by atoms with Gasteiger partial charge in [-0.2, -0.15) is 0 Å². The first-order chi connectivity index (χ1) is 5.30. The monoisotopic (exact) mass is 174 g/mol. The lowest BCUT2D eigenvalue weighted by Gasteiger charge is -2.29. The van der Waals surface area contributed by atoms with Crippen LogP contribution in [-0.4, -0.2) is 24.3 Å². The Balaban J connectivity index is 4.29. The number of aliphatic hydroxyl groups excluding tert-OH is 1. The molecule has 0 heterocycles. The lowest BCUT2D eigenvalue weighted by molar-refractivity contribution is -0.151. The Morgan fingerprint density at radius 1 is 1.42 bits per heavy atom. The second-order valence-corrected chi connectivity index (χ2v) is 4.12. The van der Waals surface area contributed by atoms with Gasteiger partial charge < -0.3 is 9.84 Å². The second-order valence-electron chi connectivity index (χ2n) is 4.12. The van der Waals surface area contributed by atoms with E-state index in [1.54, 1.807) is 6.92 Å². The first-order valence-corrected chi connectivity index (χ1v) is 4.06. The van der Waals surface area contributed by atoms with Crippen molar-refractivity contribution in [3.63, 3.8) is 0 Å². The first-order valence-electron chi connectivity index (χ1n) is 4.06. The van der Waals surface area contributed by atoms with Crippen LogP contribution in [0.3, 0.4) is 0 Å². The van der Waals surface area contributed by atoms with Crippen LogP contribution in [0.2, 0.25) is 0 Å². The molecular weight excluding hydrogens is 156 g/mol. The summed E-state index contributed by atoms with van der Waals surface area (Å²) in [7, 11) is 1.33. The van der Waals surface area contributed by atoms with Gasteiger partial charge in [0, 0.05) is 0 Å². The molecule has 0 aromatic carbocycles. The molecule has 0 saturated carbocycles. The van der Waals surface area contributed by atoms with E-state index in [0.29, 0.717) is 0 Å². The van der Waals surface area contributed by atoms with Gasteiger partial charge in [-0.3, -0.25) is 4.79 Å². The molecule has 0 spiro atoms. The van der Waals surface area contributed by atoms with Gasteiger partial charge in [-0.1, -0.05) is 20.8 Å². The average molecular weight is 174 g/mol. The van der Waals surface area contributed by atoms with Crippen molar-refractivity contribution < 1.29 is 14.6 Å². The van der Waals surface area contributed by atoms with Crippen molar-refractivity contribution in [1.29, 1.82) is 0 Å². The van der Waals surface area contributed by atoms with Crippen LogP contribution in [0.15, 0.2) is 0 Å². The number of ether oxygens (including phenoxy) is 1. The molecule has 12 heavy (non-hydrogen) atoms. The summed E-state index contributed by atoms with van der Waals surface area (Å²) < 4.78 is 4.53. The van der Waals surface area contributed by atoms with Gasteiger partial charge in [-0.15, -0.1) is 0 Å². The van der Waals surface area contributed by atoms with Crippen molar-refractivity contribution in [3.05, 3.63) is 0 Å². The van der Waals surface area contributed by atoms with Crippen LogP contribution in [0.4, 0.5) is 0 Å². The predicted octanol–water partition coefficient (Wildman–Crippen LogP) is 1.20. The summed E-state index contributed by atoms with van der Waals surface area (Å²) in [5.74, 6) is -0.826. The van der Waals surface area contributed by atoms with E-state index >= 15 is 0 Å². The molecule has 3 heteroatoms. The molecule has 72 valence electrons. The summed E-state index contributed by atoms with van der Waals surface area (Å²) in [6.07, 6.45) is -0.662. The van der Waals surface area contributed by atoms with Crippen LogP contribution < -0.4 is 0 Å². The highest BCUT2D eigenvalue weighted by atomic mass is 16.5. The van der Waals surface area contributed by atoms with Gasteiger partial charge in [0.1, 0.15) is 0 Å². The lowest BCUT2D eigenvalue weighted by Crippen LogP contribution is -2.37. The molecule has 0 amide bonds. The first kappa shape index (κ1) is 11.4. The van der Waals surface area contributed by atoms with Crippen molar-refractivity contribution in [1.82, 2.24) is 0 Å². The maximum Gasteiger partial charge on any atom is 0.311 e. The molecule has 0 radical (unpaired) electrons. The summed E-state index contributed by atoms with van der Waals surface area (Å²) in [4.78, 5) is 11.0. The minimum Gasteiger partial charge on any atom is -0.469 e. The molecule has 0 bridgehead atoms. The molecule has 1 N–H and O–H groups in total. The van der Waals surface area contributed by atoms with Crippen LogP contribution in [-0.2, 0) is 9.53 Å². The fraction of sp³-hybridized carbons (Fsp3) is 0.889. The van der Waals surface area contributed by atoms with Gasteiger partial charge in [-0.25, -0.2) is 0 Å². The number of rotatable bonds is 2. The number of hydrogen-bond donors (Lipinski definition) is 1. The predicted molar refractivity (Wildman–Crippen MR) is 46.6 cm³/mol. The molecule has 0 aromatic heterocycles. The van der Waals surface area contributed by atoms with Crippen LogP contribution in [0.5, 0.6) is 0 Å². The topological polar surface area (TPSA) is 46.5 Å². The van der Waals surface area contributed by atoms with Crippen LogP contribution >= 0.6 is 0 Å². The van der Waals surface area contributed by atoms with Crippen molar-refractivity contribution in [2.75, 3.05) is 7.11 Å². The van der Waals surface area contributed by atoms with E-state index in [4.69, 9.17) is 0 Å². The quantitative estimate of drug-likeness (QED) is 0.640. The van der Waals surface area contributed by atoms with E-state index in [1.165, 1.54) is 7.11 Å². The van der Waals surface area contributed by atoms with Crippen LogP contribution in [0.1, 0.15) is 27.7 Å². The average Bonchev–Trinajstić information content (AvgIpc) is 1.98. The maximum atomic E-state index is 11.0. The zero-order chi connectivity index (χ0) is 9.94. The number of carbonyl (C=O) groups is 1.